The zero-order valence-electron chi connectivity index (χ0n) is 14.0. The Morgan fingerprint density at radius 2 is 2.21 bits per heavy atom. The second-order valence-electron chi connectivity index (χ2n) is 5.98. The summed E-state index contributed by atoms with van der Waals surface area (Å²) in [5.74, 6) is -0.434. The van der Waals surface area contributed by atoms with Crippen molar-refractivity contribution in [3.05, 3.63) is 47.5 Å². The van der Waals surface area contributed by atoms with E-state index in [0.717, 1.165) is 12.8 Å². The van der Waals surface area contributed by atoms with Gasteiger partial charge < -0.3 is 9.64 Å². The van der Waals surface area contributed by atoms with Gasteiger partial charge in [-0.3, -0.25) is 4.79 Å². The van der Waals surface area contributed by atoms with Gasteiger partial charge in [-0.2, -0.15) is 5.10 Å². The lowest BCUT2D eigenvalue weighted by Gasteiger charge is -2.32. The molecule has 0 radical (unpaired) electrons. The number of ether oxygens (including phenoxy) is 1. The molecule has 1 aromatic carbocycles. The van der Waals surface area contributed by atoms with Crippen LogP contribution in [0.25, 0.3) is 5.69 Å². The van der Waals surface area contributed by atoms with Crippen molar-refractivity contribution in [1.82, 2.24) is 14.7 Å². The molecule has 0 spiro atoms. The molecule has 0 aliphatic carbocycles. The molecule has 128 valence electrons. The highest BCUT2D eigenvalue weighted by atomic mass is 19.1. The van der Waals surface area contributed by atoms with Crippen LogP contribution in [0.3, 0.4) is 0 Å². The maximum atomic E-state index is 14.0. The molecule has 2 aromatic rings. The van der Waals surface area contributed by atoms with Crippen molar-refractivity contribution >= 4 is 5.91 Å². The number of hydrogen-bond donors (Lipinski definition) is 0. The quantitative estimate of drug-likeness (QED) is 0.865. The number of nitrogens with zero attached hydrogens (tertiary/aromatic N) is 3. The van der Waals surface area contributed by atoms with Gasteiger partial charge in [-0.1, -0.05) is 12.1 Å². The molecule has 1 amide bonds. The third-order valence-corrected chi connectivity index (χ3v) is 4.39. The number of amides is 1. The molecule has 0 bridgehead atoms. The minimum absolute atomic E-state index is 0.0699. The maximum Gasteiger partial charge on any atom is 0.257 e. The molecule has 0 N–H and O–H groups in total. The van der Waals surface area contributed by atoms with E-state index in [1.54, 1.807) is 30.0 Å². The first-order valence-corrected chi connectivity index (χ1v) is 8.32. The summed E-state index contributed by atoms with van der Waals surface area (Å²) in [5.41, 5.74) is 1.50. The van der Waals surface area contributed by atoms with Crippen LogP contribution in [-0.4, -0.2) is 46.4 Å². The number of para-hydroxylation sites is 1. The third kappa shape index (κ3) is 3.19. The number of halogens is 1. The van der Waals surface area contributed by atoms with Gasteiger partial charge in [0.15, 0.2) is 0 Å². The molecule has 3 rings (SSSR count). The van der Waals surface area contributed by atoms with Gasteiger partial charge in [0.2, 0.25) is 0 Å². The van der Waals surface area contributed by atoms with E-state index >= 15 is 0 Å². The van der Waals surface area contributed by atoms with Crippen LogP contribution in [0, 0.1) is 12.7 Å². The summed E-state index contributed by atoms with van der Waals surface area (Å²) in [7, 11) is 0. The minimum atomic E-state index is -0.364. The number of aromatic nitrogens is 2. The van der Waals surface area contributed by atoms with Crippen LogP contribution in [0.4, 0.5) is 4.39 Å². The number of piperidine rings is 1. The molecule has 2 heterocycles. The Labute approximate surface area is 141 Å². The van der Waals surface area contributed by atoms with E-state index < -0.39 is 0 Å². The van der Waals surface area contributed by atoms with Crippen molar-refractivity contribution in [3.8, 4) is 5.69 Å². The number of carbonyl (C=O) groups excluding carboxylic acids is 1. The zero-order valence-corrected chi connectivity index (χ0v) is 14.0. The van der Waals surface area contributed by atoms with Crippen molar-refractivity contribution < 1.29 is 13.9 Å². The first kappa shape index (κ1) is 16.6. The molecule has 1 aliphatic rings. The maximum absolute atomic E-state index is 14.0. The number of hydrogen-bond acceptors (Lipinski definition) is 3. The summed E-state index contributed by atoms with van der Waals surface area (Å²) in [6, 6.07) is 6.41. The summed E-state index contributed by atoms with van der Waals surface area (Å²) in [4.78, 5) is 14.6. The summed E-state index contributed by atoms with van der Waals surface area (Å²) in [6.07, 6.45) is 3.52. The number of rotatable bonds is 4. The molecule has 1 fully saturated rings. The fourth-order valence-electron chi connectivity index (χ4n) is 3.15. The largest absolute Gasteiger partial charge is 0.377 e. The van der Waals surface area contributed by atoms with Crippen molar-refractivity contribution in [2.75, 3.05) is 19.7 Å². The van der Waals surface area contributed by atoms with Gasteiger partial charge in [-0.15, -0.1) is 0 Å². The summed E-state index contributed by atoms with van der Waals surface area (Å²) < 4.78 is 21.1. The van der Waals surface area contributed by atoms with Crippen molar-refractivity contribution in [1.29, 1.82) is 0 Å². The zero-order chi connectivity index (χ0) is 17.1. The van der Waals surface area contributed by atoms with Crippen LogP contribution < -0.4 is 0 Å². The van der Waals surface area contributed by atoms with Crippen molar-refractivity contribution in [2.24, 2.45) is 0 Å². The van der Waals surface area contributed by atoms with E-state index in [1.165, 1.54) is 16.9 Å². The lowest BCUT2D eigenvalue weighted by Crippen LogP contribution is -2.43. The highest BCUT2D eigenvalue weighted by Gasteiger charge is 2.27. The van der Waals surface area contributed by atoms with E-state index in [-0.39, 0.29) is 17.8 Å². The number of carbonyl (C=O) groups is 1. The minimum Gasteiger partial charge on any atom is -0.377 e. The van der Waals surface area contributed by atoms with Crippen molar-refractivity contribution in [2.45, 2.75) is 32.8 Å². The summed E-state index contributed by atoms with van der Waals surface area (Å²) >= 11 is 0. The average molecular weight is 331 g/mol. The average Bonchev–Trinajstić information content (AvgIpc) is 2.97. The molecule has 1 atom stereocenters. The molecule has 24 heavy (non-hydrogen) atoms. The van der Waals surface area contributed by atoms with Crippen LogP contribution >= 0.6 is 0 Å². The first-order valence-electron chi connectivity index (χ1n) is 8.32. The van der Waals surface area contributed by atoms with Gasteiger partial charge in [0.1, 0.15) is 11.5 Å². The third-order valence-electron chi connectivity index (χ3n) is 4.39. The van der Waals surface area contributed by atoms with Crippen LogP contribution in [0.1, 0.15) is 35.8 Å². The smallest absolute Gasteiger partial charge is 0.257 e. The monoisotopic (exact) mass is 331 g/mol. The summed E-state index contributed by atoms with van der Waals surface area (Å²) in [6.45, 7) is 5.71. The van der Waals surface area contributed by atoms with Gasteiger partial charge in [-0.05, 0) is 38.8 Å². The molecule has 5 nitrogen and oxygen atoms in total. The Morgan fingerprint density at radius 1 is 1.42 bits per heavy atom. The molecular weight excluding hydrogens is 309 g/mol. The van der Waals surface area contributed by atoms with Crippen LogP contribution in [0.2, 0.25) is 0 Å². The molecule has 1 aliphatic heterocycles. The van der Waals surface area contributed by atoms with E-state index in [0.29, 0.717) is 36.6 Å². The van der Waals surface area contributed by atoms with E-state index in [4.69, 9.17) is 4.74 Å². The van der Waals surface area contributed by atoms with Crippen molar-refractivity contribution in [3.63, 3.8) is 0 Å². The predicted molar refractivity (Wildman–Crippen MR) is 88.8 cm³/mol. The Kier molecular flexibility index (Phi) is 4.94. The van der Waals surface area contributed by atoms with Gasteiger partial charge in [0, 0.05) is 19.7 Å². The van der Waals surface area contributed by atoms with Gasteiger partial charge in [0.25, 0.3) is 5.91 Å². The van der Waals surface area contributed by atoms with E-state index in [9.17, 15) is 9.18 Å². The lowest BCUT2D eigenvalue weighted by molar-refractivity contribution is 0.00721. The molecule has 1 aromatic heterocycles. The number of likely N-dealkylation sites (tertiary alicyclic amines) is 1. The van der Waals surface area contributed by atoms with E-state index in [2.05, 4.69) is 5.10 Å². The van der Waals surface area contributed by atoms with Gasteiger partial charge >= 0.3 is 0 Å². The fraction of sp³-hybridized carbons (Fsp3) is 0.444. The molecule has 0 saturated carbocycles. The molecule has 1 unspecified atom stereocenters. The Hall–Kier alpha value is -2.21. The highest BCUT2D eigenvalue weighted by molar-refractivity contribution is 5.95. The standard InChI is InChI=1S/C18H22FN3O2/c1-3-24-14-7-6-10-21(12-14)18(23)15-11-20-22(13(15)2)17-9-5-4-8-16(17)19/h4-5,8-9,11,14H,3,6-7,10,12H2,1-2H3. The SMILES string of the molecule is CCOC1CCCN(C(=O)c2cnn(-c3ccccc3F)c2C)C1. The summed E-state index contributed by atoms with van der Waals surface area (Å²) in [5, 5.41) is 4.22. The fourth-order valence-corrected chi connectivity index (χ4v) is 3.15. The van der Waals surface area contributed by atoms with Crippen LogP contribution in [-0.2, 0) is 4.74 Å². The normalized spacial score (nSPS) is 18.0. The van der Waals surface area contributed by atoms with E-state index in [1.807, 2.05) is 6.92 Å². The van der Waals surface area contributed by atoms with Crippen LogP contribution in [0.15, 0.2) is 30.5 Å². The topological polar surface area (TPSA) is 47.4 Å². The first-order chi connectivity index (χ1) is 11.6. The Morgan fingerprint density at radius 3 is 2.96 bits per heavy atom. The van der Waals surface area contributed by atoms with Gasteiger partial charge in [0.05, 0.1) is 23.6 Å². The molecule has 6 heteroatoms. The second kappa shape index (κ2) is 7.13. The highest BCUT2D eigenvalue weighted by Crippen LogP contribution is 2.21. The number of benzene rings is 1. The molecular formula is C18H22FN3O2. The van der Waals surface area contributed by atoms with Crippen LogP contribution in [0.5, 0.6) is 0 Å². The molecule has 1 saturated heterocycles. The second-order valence-corrected chi connectivity index (χ2v) is 5.98. The Bertz CT molecular complexity index is 727. The Balaban J connectivity index is 1.83. The predicted octanol–water partition coefficient (Wildman–Crippen LogP) is 2.96. The lowest BCUT2D eigenvalue weighted by atomic mass is 10.1. The van der Waals surface area contributed by atoms with Gasteiger partial charge in [-0.25, -0.2) is 9.07 Å².